The van der Waals surface area contributed by atoms with Crippen LogP contribution in [-0.4, -0.2) is 0 Å². The van der Waals surface area contributed by atoms with E-state index in [0.29, 0.717) is 0 Å². The molecule has 66 valence electrons. The Hall–Kier alpha value is -1.30. The molecule has 13 heavy (non-hydrogen) atoms. The molecule has 0 N–H and O–H groups in total. The molecule has 0 saturated carbocycles. The Morgan fingerprint density at radius 1 is 1.31 bits per heavy atom. The van der Waals surface area contributed by atoms with Crippen LogP contribution in [0.25, 0.3) is 5.57 Å². The van der Waals surface area contributed by atoms with E-state index in [1.165, 1.54) is 16.7 Å². The SMILES string of the molecule is CCc1cccc(C2=CC=CC2)c1. The van der Waals surface area contributed by atoms with Crippen LogP contribution in [0.1, 0.15) is 24.5 Å². The molecule has 2 rings (SSSR count). The zero-order chi connectivity index (χ0) is 9.10. The number of rotatable bonds is 2. The van der Waals surface area contributed by atoms with E-state index in [4.69, 9.17) is 0 Å². The summed E-state index contributed by atoms with van der Waals surface area (Å²) in [7, 11) is 0. The van der Waals surface area contributed by atoms with E-state index >= 15 is 0 Å². The molecule has 0 atom stereocenters. The van der Waals surface area contributed by atoms with Gasteiger partial charge in [-0.1, -0.05) is 49.4 Å². The largest absolute Gasteiger partial charge is 0.0801 e. The first-order valence-electron chi connectivity index (χ1n) is 4.85. The summed E-state index contributed by atoms with van der Waals surface area (Å²) in [6.07, 6.45) is 8.75. The lowest BCUT2D eigenvalue weighted by molar-refractivity contribution is 1.14. The molecular formula is C13H14. The summed E-state index contributed by atoms with van der Waals surface area (Å²) >= 11 is 0. The van der Waals surface area contributed by atoms with E-state index in [0.717, 1.165) is 12.8 Å². The van der Waals surface area contributed by atoms with E-state index in [1.54, 1.807) is 0 Å². The Labute approximate surface area is 79.6 Å². The average molecular weight is 170 g/mol. The molecule has 1 aromatic rings. The first kappa shape index (κ1) is 8.31. The summed E-state index contributed by atoms with van der Waals surface area (Å²) < 4.78 is 0. The summed E-state index contributed by atoms with van der Waals surface area (Å²) in [6, 6.07) is 8.82. The van der Waals surface area contributed by atoms with Gasteiger partial charge in [0, 0.05) is 0 Å². The van der Waals surface area contributed by atoms with E-state index in [1.807, 2.05) is 0 Å². The molecule has 0 saturated heterocycles. The normalized spacial score (nSPS) is 14.7. The van der Waals surface area contributed by atoms with Gasteiger partial charge >= 0.3 is 0 Å². The van der Waals surface area contributed by atoms with Gasteiger partial charge in [0.2, 0.25) is 0 Å². The highest BCUT2D eigenvalue weighted by Gasteiger charge is 2.02. The lowest BCUT2D eigenvalue weighted by Gasteiger charge is -2.03. The Kier molecular flexibility index (Phi) is 2.31. The molecule has 0 bridgehead atoms. The van der Waals surface area contributed by atoms with Crippen molar-refractivity contribution in [2.45, 2.75) is 19.8 Å². The first-order chi connectivity index (χ1) is 6.40. The topological polar surface area (TPSA) is 0 Å². The van der Waals surface area contributed by atoms with Gasteiger partial charge in [0.05, 0.1) is 0 Å². The van der Waals surface area contributed by atoms with Crippen molar-refractivity contribution in [1.29, 1.82) is 0 Å². The van der Waals surface area contributed by atoms with Gasteiger partial charge in [-0.05, 0) is 29.5 Å². The third-order valence-electron chi connectivity index (χ3n) is 2.48. The van der Waals surface area contributed by atoms with Crippen LogP contribution in [0.3, 0.4) is 0 Å². The number of allylic oxidation sites excluding steroid dienone is 4. The maximum atomic E-state index is 2.29. The molecule has 1 aliphatic carbocycles. The minimum absolute atomic E-state index is 1.09. The number of hydrogen-bond acceptors (Lipinski definition) is 0. The third kappa shape index (κ3) is 1.72. The van der Waals surface area contributed by atoms with Gasteiger partial charge in [0.15, 0.2) is 0 Å². The fraction of sp³-hybridized carbons (Fsp3) is 0.231. The zero-order valence-corrected chi connectivity index (χ0v) is 7.96. The monoisotopic (exact) mass is 170 g/mol. The second-order valence-electron chi connectivity index (χ2n) is 3.38. The summed E-state index contributed by atoms with van der Waals surface area (Å²) in [5.41, 5.74) is 4.24. The summed E-state index contributed by atoms with van der Waals surface area (Å²) in [5, 5.41) is 0. The van der Waals surface area contributed by atoms with Crippen LogP contribution in [0.2, 0.25) is 0 Å². The van der Waals surface area contributed by atoms with Crippen molar-refractivity contribution in [3.8, 4) is 0 Å². The number of hydrogen-bond donors (Lipinski definition) is 0. The first-order valence-corrected chi connectivity index (χ1v) is 4.85. The van der Waals surface area contributed by atoms with E-state index in [9.17, 15) is 0 Å². The lowest BCUT2D eigenvalue weighted by atomic mass is 10.0. The summed E-state index contributed by atoms with van der Waals surface area (Å²) in [6.45, 7) is 2.19. The van der Waals surface area contributed by atoms with Crippen LogP contribution in [0.15, 0.2) is 42.5 Å². The van der Waals surface area contributed by atoms with Crippen molar-refractivity contribution in [3.05, 3.63) is 53.6 Å². The molecule has 0 aliphatic heterocycles. The van der Waals surface area contributed by atoms with Crippen molar-refractivity contribution in [2.75, 3.05) is 0 Å². The molecule has 0 amide bonds. The Morgan fingerprint density at radius 2 is 2.23 bits per heavy atom. The fourth-order valence-electron chi connectivity index (χ4n) is 1.65. The Morgan fingerprint density at radius 3 is 2.92 bits per heavy atom. The number of aryl methyl sites for hydroxylation is 1. The second-order valence-corrected chi connectivity index (χ2v) is 3.38. The maximum absolute atomic E-state index is 2.29. The van der Waals surface area contributed by atoms with E-state index in [-0.39, 0.29) is 0 Å². The van der Waals surface area contributed by atoms with Crippen LogP contribution in [0.5, 0.6) is 0 Å². The quantitative estimate of drug-likeness (QED) is 0.636. The third-order valence-corrected chi connectivity index (χ3v) is 2.48. The van der Waals surface area contributed by atoms with Gasteiger partial charge in [0.25, 0.3) is 0 Å². The standard InChI is InChI=1S/C13H14/c1-2-11-6-5-9-13(10-11)12-7-3-4-8-12/h3-7,9-10H,2,8H2,1H3. The highest BCUT2D eigenvalue weighted by molar-refractivity contribution is 5.71. The van der Waals surface area contributed by atoms with E-state index < -0.39 is 0 Å². The second kappa shape index (κ2) is 3.61. The highest BCUT2D eigenvalue weighted by Crippen LogP contribution is 2.23. The van der Waals surface area contributed by atoms with Crippen LogP contribution in [0, 0.1) is 0 Å². The summed E-state index contributed by atoms with van der Waals surface area (Å²) in [5.74, 6) is 0. The lowest BCUT2D eigenvalue weighted by Crippen LogP contribution is -1.84. The van der Waals surface area contributed by atoms with Crippen LogP contribution < -0.4 is 0 Å². The molecule has 0 aromatic heterocycles. The molecule has 0 radical (unpaired) electrons. The van der Waals surface area contributed by atoms with Gasteiger partial charge in [0.1, 0.15) is 0 Å². The Bertz CT molecular complexity index is 356. The van der Waals surface area contributed by atoms with Crippen molar-refractivity contribution in [2.24, 2.45) is 0 Å². The molecule has 0 nitrogen and oxygen atoms in total. The van der Waals surface area contributed by atoms with Gasteiger partial charge < -0.3 is 0 Å². The predicted molar refractivity (Wildman–Crippen MR) is 57.6 cm³/mol. The molecule has 1 aromatic carbocycles. The smallest absolute Gasteiger partial charge is 0.00884 e. The van der Waals surface area contributed by atoms with Gasteiger partial charge in [-0.2, -0.15) is 0 Å². The molecule has 0 fully saturated rings. The van der Waals surface area contributed by atoms with Gasteiger partial charge in [-0.3, -0.25) is 0 Å². The molecule has 0 unspecified atom stereocenters. The summed E-state index contributed by atoms with van der Waals surface area (Å²) in [4.78, 5) is 0. The maximum Gasteiger partial charge on any atom is -0.00884 e. The van der Waals surface area contributed by atoms with Crippen molar-refractivity contribution in [1.82, 2.24) is 0 Å². The molecule has 1 aliphatic rings. The zero-order valence-electron chi connectivity index (χ0n) is 7.96. The van der Waals surface area contributed by atoms with Crippen LogP contribution in [-0.2, 0) is 6.42 Å². The predicted octanol–water partition coefficient (Wildman–Crippen LogP) is 3.59. The van der Waals surface area contributed by atoms with Gasteiger partial charge in [-0.25, -0.2) is 0 Å². The molecule has 0 heterocycles. The Balaban J connectivity index is 2.30. The fourth-order valence-corrected chi connectivity index (χ4v) is 1.65. The van der Waals surface area contributed by atoms with Crippen molar-refractivity contribution >= 4 is 5.57 Å². The highest BCUT2D eigenvalue weighted by atomic mass is 14.1. The molecule has 0 heteroatoms. The van der Waals surface area contributed by atoms with Crippen LogP contribution in [0.4, 0.5) is 0 Å². The van der Waals surface area contributed by atoms with Crippen molar-refractivity contribution < 1.29 is 0 Å². The average Bonchev–Trinajstić information content (AvgIpc) is 2.71. The molecule has 0 spiro atoms. The van der Waals surface area contributed by atoms with Crippen LogP contribution >= 0.6 is 0 Å². The van der Waals surface area contributed by atoms with Crippen molar-refractivity contribution in [3.63, 3.8) is 0 Å². The molecular weight excluding hydrogens is 156 g/mol. The van der Waals surface area contributed by atoms with E-state index in [2.05, 4.69) is 49.4 Å². The number of benzene rings is 1. The minimum Gasteiger partial charge on any atom is -0.0801 e. The van der Waals surface area contributed by atoms with Gasteiger partial charge in [-0.15, -0.1) is 0 Å². The minimum atomic E-state index is 1.09.